The van der Waals surface area contributed by atoms with Crippen LogP contribution in [0.5, 0.6) is 11.6 Å². The van der Waals surface area contributed by atoms with Gasteiger partial charge in [-0.05, 0) is 37.3 Å². The maximum absolute atomic E-state index is 12.8. The highest BCUT2D eigenvalue weighted by Crippen LogP contribution is 2.28. The third kappa shape index (κ3) is 3.78. The first-order valence-electron chi connectivity index (χ1n) is 6.18. The first-order chi connectivity index (χ1) is 10.0. The molecule has 4 nitrogen and oxygen atoms in total. The standard InChI is InChI=1S/C15H13BrFNO3/c1-9(16)14-12(15(19)20-2)7-8-13(18-14)21-11-5-3-10(17)4-6-11/h3-9H,1-2H3. The summed E-state index contributed by atoms with van der Waals surface area (Å²) in [7, 11) is 1.31. The van der Waals surface area contributed by atoms with Crippen molar-refractivity contribution in [3.63, 3.8) is 0 Å². The monoisotopic (exact) mass is 353 g/mol. The van der Waals surface area contributed by atoms with E-state index in [0.29, 0.717) is 22.9 Å². The zero-order chi connectivity index (χ0) is 15.4. The van der Waals surface area contributed by atoms with Gasteiger partial charge in [0.05, 0.1) is 23.2 Å². The Morgan fingerprint density at radius 1 is 1.24 bits per heavy atom. The van der Waals surface area contributed by atoms with E-state index in [1.807, 2.05) is 6.92 Å². The molecule has 0 N–H and O–H groups in total. The number of ether oxygens (including phenoxy) is 2. The van der Waals surface area contributed by atoms with Crippen molar-refractivity contribution in [2.24, 2.45) is 0 Å². The highest BCUT2D eigenvalue weighted by Gasteiger charge is 2.18. The van der Waals surface area contributed by atoms with Gasteiger partial charge in [-0.25, -0.2) is 14.2 Å². The van der Waals surface area contributed by atoms with Gasteiger partial charge in [0.2, 0.25) is 5.88 Å². The normalized spacial score (nSPS) is 11.8. The Kier molecular flexibility index (Phi) is 4.90. The third-order valence-electron chi connectivity index (χ3n) is 2.72. The third-order valence-corrected chi connectivity index (χ3v) is 3.15. The van der Waals surface area contributed by atoms with Gasteiger partial charge >= 0.3 is 5.97 Å². The Hall–Kier alpha value is -1.95. The van der Waals surface area contributed by atoms with Crippen LogP contribution >= 0.6 is 15.9 Å². The topological polar surface area (TPSA) is 48.4 Å². The molecule has 0 aliphatic carbocycles. The van der Waals surface area contributed by atoms with E-state index in [1.165, 1.54) is 31.4 Å². The van der Waals surface area contributed by atoms with E-state index >= 15 is 0 Å². The predicted octanol–water partition coefficient (Wildman–Crippen LogP) is 4.26. The number of carbonyl (C=O) groups is 1. The molecule has 0 aliphatic heterocycles. The molecule has 1 aromatic carbocycles. The van der Waals surface area contributed by atoms with Gasteiger partial charge in [0, 0.05) is 6.07 Å². The molecule has 0 aliphatic rings. The lowest BCUT2D eigenvalue weighted by atomic mass is 10.1. The fourth-order valence-electron chi connectivity index (χ4n) is 1.72. The van der Waals surface area contributed by atoms with Crippen molar-refractivity contribution in [2.75, 3.05) is 7.11 Å². The number of aromatic nitrogens is 1. The number of pyridine rings is 1. The van der Waals surface area contributed by atoms with Crippen LogP contribution < -0.4 is 4.74 Å². The first-order valence-corrected chi connectivity index (χ1v) is 7.09. The highest BCUT2D eigenvalue weighted by molar-refractivity contribution is 9.09. The number of benzene rings is 1. The van der Waals surface area contributed by atoms with Crippen molar-refractivity contribution < 1.29 is 18.7 Å². The molecule has 21 heavy (non-hydrogen) atoms. The van der Waals surface area contributed by atoms with Gasteiger partial charge < -0.3 is 9.47 Å². The summed E-state index contributed by atoms with van der Waals surface area (Å²) in [6.45, 7) is 1.84. The highest BCUT2D eigenvalue weighted by atomic mass is 79.9. The molecular formula is C15H13BrFNO3. The maximum Gasteiger partial charge on any atom is 0.339 e. The second kappa shape index (κ2) is 6.67. The smallest absolute Gasteiger partial charge is 0.339 e. The fourth-order valence-corrected chi connectivity index (χ4v) is 2.07. The first kappa shape index (κ1) is 15.4. The number of esters is 1. The van der Waals surface area contributed by atoms with Crippen LogP contribution in [0.2, 0.25) is 0 Å². The molecule has 0 bridgehead atoms. The molecule has 6 heteroatoms. The van der Waals surface area contributed by atoms with Gasteiger partial charge in [-0.15, -0.1) is 0 Å². The van der Waals surface area contributed by atoms with E-state index in [-0.39, 0.29) is 10.6 Å². The molecule has 1 atom stereocenters. The van der Waals surface area contributed by atoms with Gasteiger partial charge in [0.15, 0.2) is 0 Å². The summed E-state index contributed by atoms with van der Waals surface area (Å²) in [5.41, 5.74) is 0.884. The summed E-state index contributed by atoms with van der Waals surface area (Å²) in [5, 5.41) is 0. The summed E-state index contributed by atoms with van der Waals surface area (Å²) in [6, 6.07) is 8.75. The zero-order valence-corrected chi connectivity index (χ0v) is 13.1. The second-order valence-corrected chi connectivity index (χ2v) is 5.62. The van der Waals surface area contributed by atoms with E-state index in [1.54, 1.807) is 12.1 Å². The van der Waals surface area contributed by atoms with Crippen LogP contribution in [-0.4, -0.2) is 18.1 Å². The molecule has 2 aromatic rings. The lowest BCUT2D eigenvalue weighted by Crippen LogP contribution is -2.08. The Labute approximate surface area is 130 Å². The predicted molar refractivity (Wildman–Crippen MR) is 79.4 cm³/mol. The van der Waals surface area contributed by atoms with E-state index in [2.05, 4.69) is 20.9 Å². The fraction of sp³-hybridized carbons (Fsp3) is 0.200. The van der Waals surface area contributed by atoms with Crippen molar-refractivity contribution in [1.29, 1.82) is 0 Å². The molecule has 1 aromatic heterocycles. The Morgan fingerprint density at radius 2 is 1.90 bits per heavy atom. The summed E-state index contributed by atoms with van der Waals surface area (Å²) in [5.74, 6) is -0.0262. The molecule has 2 rings (SSSR count). The molecule has 0 saturated heterocycles. The number of hydrogen-bond acceptors (Lipinski definition) is 4. The number of halogens is 2. The van der Waals surface area contributed by atoms with E-state index in [9.17, 15) is 9.18 Å². The summed E-state index contributed by atoms with van der Waals surface area (Å²) in [6.07, 6.45) is 0. The van der Waals surface area contributed by atoms with Gasteiger partial charge in [-0.2, -0.15) is 0 Å². The van der Waals surface area contributed by atoms with E-state index < -0.39 is 5.97 Å². The van der Waals surface area contributed by atoms with Crippen LogP contribution in [0.15, 0.2) is 36.4 Å². The van der Waals surface area contributed by atoms with Crippen molar-refractivity contribution in [3.05, 3.63) is 53.5 Å². The Bertz CT molecular complexity index is 644. The van der Waals surface area contributed by atoms with Gasteiger partial charge in [0.25, 0.3) is 0 Å². The lowest BCUT2D eigenvalue weighted by Gasteiger charge is -2.11. The largest absolute Gasteiger partial charge is 0.465 e. The molecule has 1 unspecified atom stereocenters. The number of alkyl halides is 1. The van der Waals surface area contributed by atoms with Crippen molar-refractivity contribution in [3.8, 4) is 11.6 Å². The minimum absolute atomic E-state index is 0.150. The summed E-state index contributed by atoms with van der Waals surface area (Å²) >= 11 is 3.38. The molecule has 110 valence electrons. The second-order valence-electron chi connectivity index (χ2n) is 4.25. The number of hydrogen-bond donors (Lipinski definition) is 0. The van der Waals surface area contributed by atoms with Gasteiger partial charge in [-0.1, -0.05) is 15.9 Å². The quantitative estimate of drug-likeness (QED) is 0.608. The molecule has 0 radical (unpaired) electrons. The number of nitrogens with zero attached hydrogens (tertiary/aromatic N) is 1. The van der Waals surface area contributed by atoms with Crippen LogP contribution in [-0.2, 0) is 4.74 Å². The van der Waals surface area contributed by atoms with Crippen LogP contribution in [0, 0.1) is 5.82 Å². The number of methoxy groups -OCH3 is 1. The number of carbonyl (C=O) groups excluding carboxylic acids is 1. The van der Waals surface area contributed by atoms with Gasteiger partial charge in [-0.3, -0.25) is 0 Å². The van der Waals surface area contributed by atoms with Gasteiger partial charge in [0.1, 0.15) is 11.6 Å². The SMILES string of the molecule is COC(=O)c1ccc(Oc2ccc(F)cc2)nc1C(C)Br. The summed E-state index contributed by atoms with van der Waals surface area (Å²) < 4.78 is 23.1. The Balaban J connectivity index is 2.31. The van der Waals surface area contributed by atoms with Crippen LogP contribution in [0.25, 0.3) is 0 Å². The van der Waals surface area contributed by atoms with Crippen molar-refractivity contribution in [2.45, 2.75) is 11.8 Å². The molecule has 0 fully saturated rings. The van der Waals surface area contributed by atoms with Crippen molar-refractivity contribution >= 4 is 21.9 Å². The number of rotatable bonds is 4. The minimum atomic E-state index is -0.461. The molecule has 0 saturated carbocycles. The molecular weight excluding hydrogens is 341 g/mol. The summed E-state index contributed by atoms with van der Waals surface area (Å²) in [4.78, 5) is 15.8. The van der Waals surface area contributed by atoms with Crippen molar-refractivity contribution in [1.82, 2.24) is 4.98 Å². The molecule has 1 heterocycles. The lowest BCUT2D eigenvalue weighted by molar-refractivity contribution is 0.0599. The van der Waals surface area contributed by atoms with Crippen LogP contribution in [0.1, 0.15) is 27.8 Å². The Morgan fingerprint density at radius 3 is 2.48 bits per heavy atom. The minimum Gasteiger partial charge on any atom is -0.465 e. The average molecular weight is 354 g/mol. The average Bonchev–Trinajstić information content (AvgIpc) is 2.48. The van der Waals surface area contributed by atoms with Crippen LogP contribution in [0.3, 0.4) is 0 Å². The molecule has 0 spiro atoms. The van der Waals surface area contributed by atoms with Crippen LogP contribution in [0.4, 0.5) is 4.39 Å². The van der Waals surface area contributed by atoms with E-state index in [0.717, 1.165) is 0 Å². The zero-order valence-electron chi connectivity index (χ0n) is 11.5. The molecule has 0 amide bonds. The van der Waals surface area contributed by atoms with E-state index in [4.69, 9.17) is 9.47 Å². The maximum atomic E-state index is 12.8.